The Labute approximate surface area is 136 Å². The summed E-state index contributed by atoms with van der Waals surface area (Å²) in [4.78, 5) is 21.6. The molecule has 132 valence electrons. The van der Waals surface area contributed by atoms with Crippen LogP contribution in [0.1, 0.15) is 80.1 Å². The summed E-state index contributed by atoms with van der Waals surface area (Å²) in [5.74, 6) is -0.181. The molecule has 4 heteroatoms. The summed E-state index contributed by atoms with van der Waals surface area (Å²) >= 11 is 0. The average molecular weight is 316 g/mol. The number of ether oxygens (including phenoxy) is 1. The predicted molar refractivity (Wildman–Crippen MR) is 90.8 cm³/mol. The Hall–Kier alpha value is -1.06. The van der Waals surface area contributed by atoms with Crippen LogP contribution in [0.15, 0.2) is 0 Å². The summed E-state index contributed by atoms with van der Waals surface area (Å²) in [6, 6.07) is 0. The van der Waals surface area contributed by atoms with Gasteiger partial charge in [0.05, 0.1) is 12.5 Å². The number of unbranched alkanes of at least 4 members (excludes halogenated alkanes) is 2. The molecule has 0 aliphatic heterocycles. The van der Waals surface area contributed by atoms with E-state index in [4.69, 9.17) is 9.84 Å². The first kappa shape index (κ1) is 23.2. The maximum atomic E-state index is 10.9. The molecule has 1 N–H and O–H groups in total. The highest BCUT2D eigenvalue weighted by Crippen LogP contribution is 2.17. The van der Waals surface area contributed by atoms with Crippen LogP contribution in [0, 0.1) is 17.8 Å². The smallest absolute Gasteiger partial charge is 0.306 e. The highest BCUT2D eigenvalue weighted by molar-refractivity contribution is 5.70. The summed E-state index contributed by atoms with van der Waals surface area (Å²) in [5.41, 5.74) is 0. The zero-order valence-electron chi connectivity index (χ0n) is 15.4. The fourth-order valence-corrected chi connectivity index (χ4v) is 1.89. The first-order valence-electron chi connectivity index (χ1n) is 8.64. The second kappa shape index (κ2) is 14.9. The Balaban J connectivity index is 0. The maximum absolute atomic E-state index is 10.9. The minimum atomic E-state index is -0.645. The van der Waals surface area contributed by atoms with E-state index in [1.54, 1.807) is 0 Å². The third kappa shape index (κ3) is 15.3. The molecular formula is C18H36O4. The molecule has 0 aliphatic carbocycles. The van der Waals surface area contributed by atoms with Crippen LogP contribution in [-0.4, -0.2) is 23.7 Å². The van der Waals surface area contributed by atoms with Gasteiger partial charge in [0, 0.05) is 6.42 Å². The quantitative estimate of drug-likeness (QED) is 0.459. The standard InChI is InChI=1S/2C9H18O2/c1-4-5-6-11-9(10)7-8(2)3;1-4-5-6-8(7(2)3)9(10)11/h8H,4-7H2,1-3H3;7-8H,4-6H2,1-3H3,(H,10,11). The van der Waals surface area contributed by atoms with Crippen molar-refractivity contribution in [3.8, 4) is 0 Å². The van der Waals surface area contributed by atoms with Crippen molar-refractivity contribution in [2.24, 2.45) is 17.8 Å². The normalized spacial score (nSPS) is 11.8. The number of rotatable bonds is 10. The third-order valence-electron chi connectivity index (χ3n) is 3.33. The van der Waals surface area contributed by atoms with E-state index in [2.05, 4.69) is 13.8 Å². The van der Waals surface area contributed by atoms with Crippen molar-refractivity contribution in [1.29, 1.82) is 0 Å². The fourth-order valence-electron chi connectivity index (χ4n) is 1.89. The highest BCUT2D eigenvalue weighted by Gasteiger charge is 2.19. The van der Waals surface area contributed by atoms with Crippen LogP contribution in [0.2, 0.25) is 0 Å². The van der Waals surface area contributed by atoms with Crippen LogP contribution in [0.5, 0.6) is 0 Å². The Bertz CT molecular complexity index is 283. The highest BCUT2D eigenvalue weighted by atomic mass is 16.5. The summed E-state index contributed by atoms with van der Waals surface area (Å²) in [5, 5.41) is 8.77. The average Bonchev–Trinajstić information content (AvgIpc) is 2.38. The molecule has 22 heavy (non-hydrogen) atoms. The molecular weight excluding hydrogens is 280 g/mol. The van der Waals surface area contributed by atoms with E-state index in [0.717, 1.165) is 32.1 Å². The molecule has 0 rings (SSSR count). The lowest BCUT2D eigenvalue weighted by Gasteiger charge is -2.14. The first-order chi connectivity index (χ1) is 10.3. The van der Waals surface area contributed by atoms with Gasteiger partial charge in [-0.1, -0.05) is 60.8 Å². The number of esters is 1. The monoisotopic (exact) mass is 316 g/mol. The number of hydrogen-bond acceptors (Lipinski definition) is 3. The van der Waals surface area contributed by atoms with E-state index in [1.807, 2.05) is 27.7 Å². The number of carbonyl (C=O) groups excluding carboxylic acids is 1. The zero-order valence-corrected chi connectivity index (χ0v) is 15.4. The number of hydrogen-bond donors (Lipinski definition) is 1. The van der Waals surface area contributed by atoms with E-state index in [1.165, 1.54) is 0 Å². The van der Waals surface area contributed by atoms with Crippen molar-refractivity contribution in [2.45, 2.75) is 80.1 Å². The summed E-state index contributed by atoms with van der Waals surface area (Å²) in [6.45, 7) is 12.7. The molecule has 0 aliphatic rings. The van der Waals surface area contributed by atoms with Gasteiger partial charge in [-0.05, 0) is 24.7 Å². The summed E-state index contributed by atoms with van der Waals surface area (Å²) in [6.07, 6.45) is 5.53. The van der Waals surface area contributed by atoms with Crippen LogP contribution in [0.4, 0.5) is 0 Å². The number of aliphatic carboxylic acids is 1. The molecule has 0 aromatic rings. The van der Waals surface area contributed by atoms with Gasteiger partial charge in [-0.3, -0.25) is 9.59 Å². The molecule has 0 bridgehead atoms. The van der Waals surface area contributed by atoms with Crippen molar-refractivity contribution in [3.63, 3.8) is 0 Å². The van der Waals surface area contributed by atoms with Crippen molar-refractivity contribution in [3.05, 3.63) is 0 Å². The molecule has 0 heterocycles. The Morgan fingerprint density at radius 2 is 1.55 bits per heavy atom. The Morgan fingerprint density at radius 3 is 1.91 bits per heavy atom. The van der Waals surface area contributed by atoms with Gasteiger partial charge >= 0.3 is 11.9 Å². The molecule has 0 amide bonds. The van der Waals surface area contributed by atoms with Crippen molar-refractivity contribution in [2.75, 3.05) is 6.61 Å². The van der Waals surface area contributed by atoms with Crippen molar-refractivity contribution < 1.29 is 19.4 Å². The molecule has 0 aromatic carbocycles. The van der Waals surface area contributed by atoms with Gasteiger partial charge in [-0.2, -0.15) is 0 Å². The van der Waals surface area contributed by atoms with Gasteiger partial charge in [-0.25, -0.2) is 0 Å². The van der Waals surface area contributed by atoms with Gasteiger partial charge in [-0.15, -0.1) is 0 Å². The summed E-state index contributed by atoms with van der Waals surface area (Å²) < 4.78 is 4.95. The summed E-state index contributed by atoms with van der Waals surface area (Å²) in [7, 11) is 0. The topological polar surface area (TPSA) is 63.6 Å². The fraction of sp³-hybridized carbons (Fsp3) is 0.889. The van der Waals surface area contributed by atoms with Gasteiger partial charge in [0.25, 0.3) is 0 Å². The first-order valence-corrected chi connectivity index (χ1v) is 8.64. The molecule has 4 nitrogen and oxygen atoms in total. The number of carboxylic acid groups (broad SMARTS) is 1. The van der Waals surface area contributed by atoms with E-state index < -0.39 is 5.97 Å². The zero-order chi connectivity index (χ0) is 17.5. The van der Waals surface area contributed by atoms with Crippen LogP contribution in [0.3, 0.4) is 0 Å². The Kier molecular flexibility index (Phi) is 15.7. The van der Waals surface area contributed by atoms with Crippen molar-refractivity contribution in [1.82, 2.24) is 0 Å². The van der Waals surface area contributed by atoms with Gasteiger partial charge in [0.1, 0.15) is 0 Å². The van der Waals surface area contributed by atoms with E-state index in [0.29, 0.717) is 18.9 Å². The largest absolute Gasteiger partial charge is 0.481 e. The molecule has 0 radical (unpaired) electrons. The van der Waals surface area contributed by atoms with Gasteiger partial charge in [0.2, 0.25) is 0 Å². The predicted octanol–water partition coefficient (Wildman–Crippen LogP) is 4.91. The minimum absolute atomic E-state index is 0.0616. The minimum Gasteiger partial charge on any atom is -0.481 e. The second-order valence-electron chi connectivity index (χ2n) is 6.50. The molecule has 0 aromatic heterocycles. The van der Waals surface area contributed by atoms with Crippen LogP contribution in [-0.2, 0) is 14.3 Å². The molecule has 0 spiro atoms. The van der Waals surface area contributed by atoms with Crippen LogP contribution in [0.25, 0.3) is 0 Å². The molecule has 0 saturated carbocycles. The van der Waals surface area contributed by atoms with Crippen LogP contribution < -0.4 is 0 Å². The lowest BCUT2D eigenvalue weighted by atomic mass is 9.91. The molecule has 0 fully saturated rings. The number of carboxylic acids is 1. The van der Waals surface area contributed by atoms with Crippen molar-refractivity contribution >= 4 is 11.9 Å². The maximum Gasteiger partial charge on any atom is 0.306 e. The third-order valence-corrected chi connectivity index (χ3v) is 3.33. The van der Waals surface area contributed by atoms with E-state index in [-0.39, 0.29) is 17.8 Å². The molecule has 1 unspecified atom stereocenters. The second-order valence-corrected chi connectivity index (χ2v) is 6.50. The number of carbonyl (C=O) groups is 2. The lowest BCUT2D eigenvalue weighted by Crippen LogP contribution is -2.19. The molecule has 0 saturated heterocycles. The SMILES string of the molecule is CCCCC(C(=O)O)C(C)C.CCCCOC(=O)CC(C)C. The Morgan fingerprint density at radius 1 is 1.00 bits per heavy atom. The lowest BCUT2D eigenvalue weighted by molar-refractivity contribution is -0.145. The van der Waals surface area contributed by atoms with E-state index in [9.17, 15) is 9.59 Å². The molecule has 1 atom stereocenters. The van der Waals surface area contributed by atoms with Gasteiger partial charge in [0.15, 0.2) is 0 Å². The van der Waals surface area contributed by atoms with Crippen LogP contribution >= 0.6 is 0 Å². The van der Waals surface area contributed by atoms with E-state index >= 15 is 0 Å². The van der Waals surface area contributed by atoms with Gasteiger partial charge < -0.3 is 9.84 Å².